The summed E-state index contributed by atoms with van der Waals surface area (Å²) in [6.07, 6.45) is 0. The lowest BCUT2D eigenvalue weighted by molar-refractivity contribution is 0.287. The topological polar surface area (TPSA) is 95.3 Å². The fourth-order valence-corrected chi connectivity index (χ4v) is 2.72. The van der Waals surface area contributed by atoms with Crippen molar-refractivity contribution in [3.8, 4) is 28.6 Å². The van der Waals surface area contributed by atoms with Gasteiger partial charge in [0.2, 0.25) is 0 Å². The van der Waals surface area contributed by atoms with Gasteiger partial charge in [-0.3, -0.25) is 5.10 Å². The number of nitrogens with two attached hydrogens (primary N) is 1. The van der Waals surface area contributed by atoms with Gasteiger partial charge in [-0.15, -0.1) is 0 Å². The Balaban J connectivity index is 1.86. The molecule has 1 aromatic heterocycles. The van der Waals surface area contributed by atoms with Gasteiger partial charge in [0, 0.05) is 5.56 Å². The summed E-state index contributed by atoms with van der Waals surface area (Å²) in [6.45, 7) is 4.97. The van der Waals surface area contributed by atoms with Gasteiger partial charge in [0.1, 0.15) is 11.6 Å². The average Bonchev–Trinajstić information content (AvgIpc) is 3.19. The van der Waals surface area contributed by atoms with Gasteiger partial charge in [-0.25, -0.2) is 4.98 Å². The minimum atomic E-state index is -0.466. The van der Waals surface area contributed by atoms with Gasteiger partial charge in [-0.2, -0.15) is 5.10 Å². The second-order valence-corrected chi connectivity index (χ2v) is 5.83. The monoisotopic (exact) mass is 368 g/mol. The summed E-state index contributed by atoms with van der Waals surface area (Å²) < 4.78 is 16.5. The zero-order valence-corrected chi connectivity index (χ0v) is 15.7. The molecule has 3 rings (SSSR count). The maximum Gasteiger partial charge on any atom is 0.181 e. The van der Waals surface area contributed by atoms with Gasteiger partial charge in [0.05, 0.1) is 26.4 Å². The zero-order valence-electron chi connectivity index (χ0n) is 15.7. The van der Waals surface area contributed by atoms with Crippen LogP contribution in [-0.2, 0) is 0 Å². The number of hydrogen-bond acceptors (Lipinski definition) is 6. The SMILES string of the molecule is CCOc1ccc([C@@H](N)c2nc(-c3cccc(OC)c3)n[nH]2)cc1OCC. The molecule has 3 N–H and O–H groups in total. The number of ether oxygens (including phenoxy) is 3. The Bertz CT molecular complexity index is 894. The van der Waals surface area contributed by atoms with Crippen LogP contribution in [-0.4, -0.2) is 35.5 Å². The number of H-pyrrole nitrogens is 1. The highest BCUT2D eigenvalue weighted by Gasteiger charge is 2.17. The summed E-state index contributed by atoms with van der Waals surface area (Å²) in [5.41, 5.74) is 8.11. The maximum absolute atomic E-state index is 6.40. The predicted molar refractivity (Wildman–Crippen MR) is 103 cm³/mol. The Labute approximate surface area is 158 Å². The Morgan fingerprint density at radius 1 is 1.04 bits per heavy atom. The molecule has 0 unspecified atom stereocenters. The highest BCUT2D eigenvalue weighted by Crippen LogP contribution is 2.31. The molecule has 0 spiro atoms. The van der Waals surface area contributed by atoms with E-state index in [0.29, 0.717) is 36.4 Å². The van der Waals surface area contributed by atoms with Crippen molar-refractivity contribution in [3.05, 3.63) is 53.9 Å². The summed E-state index contributed by atoms with van der Waals surface area (Å²) in [4.78, 5) is 4.55. The lowest BCUT2D eigenvalue weighted by atomic mass is 10.1. The van der Waals surface area contributed by atoms with Crippen LogP contribution < -0.4 is 19.9 Å². The van der Waals surface area contributed by atoms with Gasteiger partial charge in [0.15, 0.2) is 17.3 Å². The number of hydrogen-bond donors (Lipinski definition) is 2. The van der Waals surface area contributed by atoms with Crippen LogP contribution in [0.15, 0.2) is 42.5 Å². The van der Waals surface area contributed by atoms with Gasteiger partial charge >= 0.3 is 0 Å². The molecule has 0 saturated carbocycles. The molecular weight excluding hydrogens is 344 g/mol. The smallest absolute Gasteiger partial charge is 0.181 e. The molecule has 142 valence electrons. The van der Waals surface area contributed by atoms with Crippen molar-refractivity contribution < 1.29 is 14.2 Å². The largest absolute Gasteiger partial charge is 0.497 e. The Morgan fingerprint density at radius 2 is 1.81 bits per heavy atom. The molecule has 1 atom stereocenters. The van der Waals surface area contributed by atoms with Gasteiger partial charge < -0.3 is 19.9 Å². The maximum atomic E-state index is 6.40. The van der Waals surface area contributed by atoms with Crippen molar-refractivity contribution in [1.29, 1.82) is 0 Å². The number of nitrogens with zero attached hydrogens (tertiary/aromatic N) is 2. The quantitative estimate of drug-likeness (QED) is 0.633. The van der Waals surface area contributed by atoms with Gasteiger partial charge in [-0.05, 0) is 43.7 Å². The van der Waals surface area contributed by atoms with Crippen molar-refractivity contribution in [3.63, 3.8) is 0 Å². The standard InChI is InChI=1S/C20H24N4O3/c1-4-26-16-10-9-13(12-17(16)27-5-2)18(21)20-22-19(23-24-20)14-7-6-8-15(11-14)25-3/h6-12,18H,4-5,21H2,1-3H3,(H,22,23,24)/t18-/m1/s1. The first-order valence-electron chi connectivity index (χ1n) is 8.88. The minimum absolute atomic E-state index is 0.466. The summed E-state index contributed by atoms with van der Waals surface area (Å²) in [6, 6.07) is 12.8. The minimum Gasteiger partial charge on any atom is -0.497 e. The molecule has 0 fully saturated rings. The third-order valence-electron chi connectivity index (χ3n) is 4.05. The third-order valence-corrected chi connectivity index (χ3v) is 4.05. The fraction of sp³-hybridized carbons (Fsp3) is 0.300. The number of rotatable bonds is 8. The van der Waals surface area contributed by atoms with Crippen molar-refractivity contribution in [2.45, 2.75) is 19.9 Å². The normalized spacial score (nSPS) is 11.9. The van der Waals surface area contributed by atoms with Crippen molar-refractivity contribution >= 4 is 0 Å². The van der Waals surface area contributed by atoms with E-state index >= 15 is 0 Å². The Hall–Kier alpha value is -3.06. The van der Waals surface area contributed by atoms with Crippen molar-refractivity contribution in [2.24, 2.45) is 5.73 Å². The van der Waals surface area contributed by atoms with Crippen molar-refractivity contribution in [1.82, 2.24) is 15.2 Å². The highest BCUT2D eigenvalue weighted by molar-refractivity contribution is 5.57. The molecule has 0 aliphatic carbocycles. The molecule has 7 heteroatoms. The summed E-state index contributed by atoms with van der Waals surface area (Å²) in [5.74, 6) is 3.25. The van der Waals surface area contributed by atoms with Crippen LogP contribution in [0.4, 0.5) is 0 Å². The number of aromatic nitrogens is 3. The predicted octanol–water partition coefficient (Wildman–Crippen LogP) is 3.33. The number of nitrogens with one attached hydrogen (secondary N) is 1. The summed E-state index contributed by atoms with van der Waals surface area (Å²) in [5, 5.41) is 7.22. The lowest BCUT2D eigenvalue weighted by Crippen LogP contribution is -2.14. The van der Waals surface area contributed by atoms with E-state index in [2.05, 4.69) is 15.2 Å². The van der Waals surface area contributed by atoms with Crippen molar-refractivity contribution in [2.75, 3.05) is 20.3 Å². The molecular formula is C20H24N4O3. The summed E-state index contributed by atoms with van der Waals surface area (Å²) in [7, 11) is 1.63. The van der Waals surface area contributed by atoms with E-state index in [4.69, 9.17) is 19.9 Å². The first-order valence-corrected chi connectivity index (χ1v) is 8.88. The van der Waals surface area contributed by atoms with E-state index in [1.54, 1.807) is 7.11 Å². The Morgan fingerprint density at radius 3 is 2.56 bits per heavy atom. The van der Waals surface area contributed by atoms with E-state index < -0.39 is 6.04 Å². The van der Waals surface area contributed by atoms with Gasteiger partial charge in [0.25, 0.3) is 0 Å². The first kappa shape index (κ1) is 18.7. The van der Waals surface area contributed by atoms with Crippen LogP contribution in [0.25, 0.3) is 11.4 Å². The second-order valence-electron chi connectivity index (χ2n) is 5.83. The van der Waals surface area contributed by atoms with Crippen LogP contribution in [0.1, 0.15) is 31.3 Å². The van der Waals surface area contributed by atoms with Crippen LogP contribution in [0, 0.1) is 0 Å². The fourth-order valence-electron chi connectivity index (χ4n) is 2.72. The second kappa shape index (κ2) is 8.55. The van der Waals surface area contributed by atoms with E-state index in [0.717, 1.165) is 16.9 Å². The Kier molecular flexibility index (Phi) is 5.93. The molecule has 0 saturated heterocycles. The molecule has 3 aromatic rings. The van der Waals surface area contributed by atoms with Crippen LogP contribution in [0.3, 0.4) is 0 Å². The molecule has 0 radical (unpaired) electrons. The van der Waals surface area contributed by atoms with E-state index in [-0.39, 0.29) is 0 Å². The number of benzene rings is 2. The van der Waals surface area contributed by atoms with E-state index in [1.165, 1.54) is 0 Å². The van der Waals surface area contributed by atoms with Crippen LogP contribution in [0.5, 0.6) is 17.2 Å². The van der Waals surface area contributed by atoms with Crippen LogP contribution in [0.2, 0.25) is 0 Å². The molecule has 0 bridgehead atoms. The molecule has 27 heavy (non-hydrogen) atoms. The van der Waals surface area contributed by atoms with E-state index in [9.17, 15) is 0 Å². The molecule has 0 aliphatic rings. The number of methoxy groups -OCH3 is 1. The lowest BCUT2D eigenvalue weighted by Gasteiger charge is -2.14. The first-order chi connectivity index (χ1) is 13.2. The molecule has 0 amide bonds. The average molecular weight is 368 g/mol. The summed E-state index contributed by atoms with van der Waals surface area (Å²) >= 11 is 0. The third kappa shape index (κ3) is 4.20. The highest BCUT2D eigenvalue weighted by atomic mass is 16.5. The molecule has 2 aromatic carbocycles. The molecule has 0 aliphatic heterocycles. The van der Waals surface area contributed by atoms with Crippen LogP contribution >= 0.6 is 0 Å². The number of aromatic amines is 1. The van der Waals surface area contributed by atoms with E-state index in [1.807, 2.05) is 56.3 Å². The zero-order chi connectivity index (χ0) is 19.2. The molecule has 7 nitrogen and oxygen atoms in total. The van der Waals surface area contributed by atoms with Gasteiger partial charge in [-0.1, -0.05) is 18.2 Å². The molecule has 1 heterocycles.